The lowest BCUT2D eigenvalue weighted by molar-refractivity contribution is -0.300. The number of unbranched alkanes of at least 4 members (excludes halogenated alkanes) is 5. The van der Waals surface area contributed by atoms with E-state index in [0.717, 1.165) is 19.3 Å². The lowest BCUT2D eigenvalue weighted by Gasteiger charge is -2.41. The maximum absolute atomic E-state index is 12.4. The molecule has 7 nitrogen and oxygen atoms in total. The average Bonchev–Trinajstić information content (AvgIpc) is 2.72. The molecule has 3 N–H and O–H groups in total. The van der Waals surface area contributed by atoms with Crippen LogP contribution < -0.4 is 0 Å². The molecule has 0 spiro atoms. The Kier molecular flexibility index (Phi) is 10.3. The largest absolute Gasteiger partial charge is 0.453 e. The maximum atomic E-state index is 12.4. The predicted octanol–water partition coefficient (Wildman–Crippen LogP) is 2.68. The van der Waals surface area contributed by atoms with E-state index in [4.69, 9.17) is 25.8 Å². The van der Waals surface area contributed by atoms with Crippen molar-refractivity contribution in [3.8, 4) is 0 Å². The van der Waals surface area contributed by atoms with Gasteiger partial charge in [-0.3, -0.25) is 0 Å². The van der Waals surface area contributed by atoms with Gasteiger partial charge in [0.05, 0.1) is 12.2 Å². The van der Waals surface area contributed by atoms with Crippen molar-refractivity contribution in [3.05, 3.63) is 34.9 Å². The summed E-state index contributed by atoms with van der Waals surface area (Å²) in [5, 5.41) is 30.8. The highest BCUT2D eigenvalue weighted by Gasteiger charge is 2.47. The summed E-state index contributed by atoms with van der Waals surface area (Å²) in [5.41, 5.74) is 0.227. The molecule has 1 heterocycles. The van der Waals surface area contributed by atoms with Gasteiger partial charge in [-0.15, -0.1) is 0 Å². The summed E-state index contributed by atoms with van der Waals surface area (Å²) >= 11 is 5.81. The Labute approximate surface area is 176 Å². The minimum Gasteiger partial charge on any atom is -0.453 e. The van der Waals surface area contributed by atoms with E-state index in [1.807, 2.05) is 0 Å². The van der Waals surface area contributed by atoms with Gasteiger partial charge in [0.25, 0.3) is 0 Å². The average molecular weight is 431 g/mol. The zero-order valence-corrected chi connectivity index (χ0v) is 17.5. The van der Waals surface area contributed by atoms with Crippen LogP contribution in [0.25, 0.3) is 0 Å². The third-order valence-electron chi connectivity index (χ3n) is 4.92. The van der Waals surface area contributed by atoms with Crippen molar-refractivity contribution in [1.29, 1.82) is 0 Å². The van der Waals surface area contributed by atoms with Crippen LogP contribution in [0.5, 0.6) is 0 Å². The fourth-order valence-electron chi connectivity index (χ4n) is 3.19. The summed E-state index contributed by atoms with van der Waals surface area (Å²) in [5.74, 6) is -0.724. The van der Waals surface area contributed by atoms with Crippen LogP contribution in [0, 0.1) is 0 Å². The van der Waals surface area contributed by atoms with E-state index in [2.05, 4.69) is 6.92 Å². The van der Waals surface area contributed by atoms with Crippen LogP contribution in [0.1, 0.15) is 55.8 Å². The van der Waals surface area contributed by atoms with Crippen LogP contribution in [-0.4, -0.2) is 65.2 Å². The van der Waals surface area contributed by atoms with Crippen molar-refractivity contribution in [2.45, 2.75) is 76.2 Å². The van der Waals surface area contributed by atoms with Gasteiger partial charge in [0.1, 0.15) is 18.3 Å². The Morgan fingerprint density at radius 1 is 1.07 bits per heavy atom. The van der Waals surface area contributed by atoms with E-state index < -0.39 is 43.3 Å². The van der Waals surface area contributed by atoms with Gasteiger partial charge in [-0.05, 0) is 30.7 Å². The van der Waals surface area contributed by atoms with Gasteiger partial charge in [0.15, 0.2) is 12.4 Å². The molecule has 29 heavy (non-hydrogen) atoms. The molecular formula is C21H31ClO7. The SMILES string of the molecule is CCCCCCCCO[C@@H]1O[C@H](CO)[C@@H](O)[C@H](OC(=O)c2ccc(Cl)cc2)[C@H]1O. The molecule has 164 valence electrons. The second-order valence-electron chi connectivity index (χ2n) is 7.22. The van der Waals surface area contributed by atoms with E-state index in [-0.39, 0.29) is 5.56 Å². The molecule has 0 bridgehead atoms. The Morgan fingerprint density at radius 2 is 1.72 bits per heavy atom. The normalized spacial score (nSPS) is 27.0. The topological polar surface area (TPSA) is 105 Å². The lowest BCUT2D eigenvalue weighted by atomic mass is 9.99. The van der Waals surface area contributed by atoms with Gasteiger partial charge in [-0.1, -0.05) is 50.6 Å². The number of benzene rings is 1. The molecule has 1 aromatic rings. The van der Waals surface area contributed by atoms with E-state index in [0.29, 0.717) is 11.6 Å². The minimum absolute atomic E-state index is 0.227. The molecule has 0 unspecified atom stereocenters. The molecule has 1 aliphatic heterocycles. The number of carbonyl (C=O) groups is 1. The van der Waals surface area contributed by atoms with Gasteiger partial charge in [-0.25, -0.2) is 4.79 Å². The highest BCUT2D eigenvalue weighted by atomic mass is 35.5. The van der Waals surface area contributed by atoms with Gasteiger partial charge in [-0.2, -0.15) is 0 Å². The fourth-order valence-corrected chi connectivity index (χ4v) is 3.32. The van der Waals surface area contributed by atoms with Gasteiger partial charge in [0.2, 0.25) is 0 Å². The Hall–Kier alpha value is -1.22. The molecule has 2 rings (SSSR count). The molecule has 0 amide bonds. The van der Waals surface area contributed by atoms with Gasteiger partial charge < -0.3 is 29.5 Å². The Morgan fingerprint density at radius 3 is 2.38 bits per heavy atom. The van der Waals surface area contributed by atoms with E-state index in [1.54, 1.807) is 0 Å². The second-order valence-corrected chi connectivity index (χ2v) is 7.66. The summed E-state index contributed by atoms with van der Waals surface area (Å²) in [4.78, 5) is 12.4. The number of carbonyl (C=O) groups excluding carboxylic acids is 1. The van der Waals surface area contributed by atoms with Crippen LogP contribution in [0.4, 0.5) is 0 Å². The molecular weight excluding hydrogens is 400 g/mol. The molecule has 1 saturated heterocycles. The van der Waals surface area contributed by atoms with Crippen LogP contribution in [0.2, 0.25) is 5.02 Å². The van der Waals surface area contributed by atoms with Crippen LogP contribution in [-0.2, 0) is 14.2 Å². The monoisotopic (exact) mass is 430 g/mol. The molecule has 0 radical (unpaired) electrons. The first-order chi connectivity index (χ1) is 14.0. The van der Waals surface area contributed by atoms with Crippen molar-refractivity contribution in [2.24, 2.45) is 0 Å². The van der Waals surface area contributed by atoms with E-state index >= 15 is 0 Å². The molecule has 5 atom stereocenters. The zero-order valence-electron chi connectivity index (χ0n) is 16.7. The summed E-state index contributed by atoms with van der Waals surface area (Å²) in [6.07, 6.45) is 0.294. The van der Waals surface area contributed by atoms with E-state index in [1.165, 1.54) is 43.5 Å². The number of rotatable bonds is 11. The first-order valence-electron chi connectivity index (χ1n) is 10.2. The summed E-state index contributed by atoms with van der Waals surface area (Å²) in [7, 11) is 0. The van der Waals surface area contributed by atoms with Crippen molar-refractivity contribution in [1.82, 2.24) is 0 Å². The summed E-state index contributed by atoms with van der Waals surface area (Å²) in [6.45, 7) is 2.02. The Bertz CT molecular complexity index is 610. The number of aliphatic hydroxyl groups is 3. The third kappa shape index (κ3) is 7.20. The molecule has 1 aromatic carbocycles. The number of esters is 1. The standard InChI is InChI=1S/C21H31ClO7/c1-2-3-4-5-6-7-12-27-21-18(25)19(17(24)16(13-23)28-21)29-20(26)14-8-10-15(22)11-9-14/h8-11,16-19,21,23-25H,2-7,12-13H2,1H3/t16-,17-,18-,19+,21-/m1/s1. The second kappa shape index (κ2) is 12.5. The predicted molar refractivity (Wildman–Crippen MR) is 108 cm³/mol. The molecule has 1 fully saturated rings. The first-order valence-corrected chi connectivity index (χ1v) is 10.6. The van der Waals surface area contributed by atoms with Gasteiger partial charge in [0, 0.05) is 11.6 Å². The van der Waals surface area contributed by atoms with Crippen molar-refractivity contribution in [3.63, 3.8) is 0 Å². The maximum Gasteiger partial charge on any atom is 0.338 e. The molecule has 1 aliphatic rings. The van der Waals surface area contributed by atoms with Crippen LogP contribution in [0.15, 0.2) is 24.3 Å². The third-order valence-corrected chi connectivity index (χ3v) is 5.18. The number of hydrogen-bond acceptors (Lipinski definition) is 7. The first kappa shape index (κ1) is 24.1. The summed E-state index contributed by atoms with van der Waals surface area (Å²) in [6, 6.07) is 6.05. The lowest BCUT2D eigenvalue weighted by Crippen LogP contribution is -2.60. The molecule has 8 heteroatoms. The van der Waals surface area contributed by atoms with E-state index in [9.17, 15) is 20.1 Å². The summed E-state index contributed by atoms with van der Waals surface area (Å²) < 4.78 is 16.4. The smallest absolute Gasteiger partial charge is 0.338 e. The zero-order chi connectivity index (χ0) is 21.2. The molecule has 0 aliphatic carbocycles. The highest BCUT2D eigenvalue weighted by molar-refractivity contribution is 6.30. The highest BCUT2D eigenvalue weighted by Crippen LogP contribution is 2.26. The van der Waals surface area contributed by atoms with Crippen molar-refractivity contribution < 1.29 is 34.3 Å². The number of hydrogen-bond donors (Lipinski definition) is 3. The van der Waals surface area contributed by atoms with Gasteiger partial charge >= 0.3 is 5.97 Å². The number of ether oxygens (including phenoxy) is 3. The van der Waals surface area contributed by atoms with Crippen LogP contribution >= 0.6 is 11.6 Å². The Balaban J connectivity index is 1.91. The number of halogens is 1. The van der Waals surface area contributed by atoms with Crippen molar-refractivity contribution in [2.75, 3.05) is 13.2 Å². The minimum atomic E-state index is -1.39. The fraction of sp³-hybridized carbons (Fsp3) is 0.667. The molecule has 0 saturated carbocycles. The molecule has 0 aromatic heterocycles. The van der Waals surface area contributed by atoms with Crippen LogP contribution in [0.3, 0.4) is 0 Å². The number of aliphatic hydroxyl groups excluding tert-OH is 3. The van der Waals surface area contributed by atoms with Crippen molar-refractivity contribution >= 4 is 17.6 Å². The quantitative estimate of drug-likeness (QED) is 0.366.